The second-order valence-electron chi connectivity index (χ2n) is 4.66. The molecule has 2 rings (SSSR count). The molecule has 1 aromatic carbocycles. The molecule has 0 saturated carbocycles. The monoisotopic (exact) mass is 246 g/mol. The maximum absolute atomic E-state index is 4.66. The maximum atomic E-state index is 4.66. The minimum Gasteiger partial charge on any atom is -0.354 e. The van der Waals surface area contributed by atoms with Gasteiger partial charge < -0.3 is 4.90 Å². The van der Waals surface area contributed by atoms with E-state index in [1.165, 1.54) is 22.3 Å². The van der Waals surface area contributed by atoms with E-state index in [1.807, 2.05) is 19.0 Å². The van der Waals surface area contributed by atoms with Crippen molar-refractivity contribution in [2.45, 2.75) is 20.8 Å². The highest BCUT2D eigenvalue weighted by Gasteiger charge is 2.09. The molecule has 0 N–H and O–H groups in total. The third kappa shape index (κ3) is 2.34. The summed E-state index contributed by atoms with van der Waals surface area (Å²) in [4.78, 5) is 6.70. The van der Waals surface area contributed by atoms with Crippen LogP contribution in [0.15, 0.2) is 17.5 Å². The molecule has 2 nitrogen and oxygen atoms in total. The lowest BCUT2D eigenvalue weighted by atomic mass is 9.99. The quantitative estimate of drug-likeness (QED) is 0.801. The van der Waals surface area contributed by atoms with E-state index in [4.69, 9.17) is 0 Å². The van der Waals surface area contributed by atoms with Crippen LogP contribution in [0.5, 0.6) is 0 Å². The molecule has 0 spiro atoms. The summed E-state index contributed by atoms with van der Waals surface area (Å²) in [7, 11) is 4.05. The summed E-state index contributed by atoms with van der Waals surface area (Å²) in [6.07, 6.45) is 0. The van der Waals surface area contributed by atoms with Crippen LogP contribution in [0, 0.1) is 20.8 Å². The Morgan fingerprint density at radius 2 is 1.65 bits per heavy atom. The molecule has 0 atom stereocenters. The zero-order valence-electron chi connectivity index (χ0n) is 11.0. The summed E-state index contributed by atoms with van der Waals surface area (Å²) in [6, 6.07) is 4.47. The van der Waals surface area contributed by atoms with Crippen LogP contribution in [0.4, 0.5) is 5.13 Å². The lowest BCUT2D eigenvalue weighted by molar-refractivity contribution is 1.10. The van der Waals surface area contributed by atoms with Crippen molar-refractivity contribution in [2.24, 2.45) is 0 Å². The first-order valence-corrected chi connectivity index (χ1v) is 6.58. The molecule has 90 valence electrons. The molecule has 0 unspecified atom stereocenters. The van der Waals surface area contributed by atoms with E-state index in [-0.39, 0.29) is 0 Å². The highest BCUT2D eigenvalue weighted by Crippen LogP contribution is 2.30. The predicted octanol–water partition coefficient (Wildman–Crippen LogP) is 3.80. The zero-order valence-corrected chi connectivity index (χ0v) is 11.9. The second-order valence-corrected chi connectivity index (χ2v) is 5.50. The highest BCUT2D eigenvalue weighted by atomic mass is 32.1. The molecule has 0 fully saturated rings. The fourth-order valence-corrected chi connectivity index (χ4v) is 2.59. The van der Waals surface area contributed by atoms with Gasteiger partial charge in [-0.15, -0.1) is 11.3 Å². The first-order chi connectivity index (χ1) is 7.99. The Kier molecular flexibility index (Phi) is 3.20. The molecule has 0 bridgehead atoms. The Balaban J connectivity index is 2.49. The molecule has 0 saturated heterocycles. The number of anilines is 1. The van der Waals surface area contributed by atoms with E-state index in [0.29, 0.717) is 0 Å². The molecule has 0 aliphatic heterocycles. The minimum absolute atomic E-state index is 1.05. The van der Waals surface area contributed by atoms with E-state index in [1.54, 1.807) is 11.3 Å². The van der Waals surface area contributed by atoms with Crippen molar-refractivity contribution in [1.29, 1.82) is 0 Å². The number of benzene rings is 1. The van der Waals surface area contributed by atoms with Crippen LogP contribution in [-0.4, -0.2) is 19.1 Å². The predicted molar refractivity (Wildman–Crippen MR) is 76.1 cm³/mol. The van der Waals surface area contributed by atoms with Crippen molar-refractivity contribution >= 4 is 16.5 Å². The molecule has 2 aromatic rings. The van der Waals surface area contributed by atoms with Gasteiger partial charge >= 0.3 is 0 Å². The number of hydrogen-bond acceptors (Lipinski definition) is 3. The molecule has 1 heterocycles. The smallest absolute Gasteiger partial charge is 0.185 e. The van der Waals surface area contributed by atoms with Crippen molar-refractivity contribution < 1.29 is 0 Å². The van der Waals surface area contributed by atoms with Crippen molar-refractivity contribution in [2.75, 3.05) is 19.0 Å². The largest absolute Gasteiger partial charge is 0.354 e. The van der Waals surface area contributed by atoms with Crippen molar-refractivity contribution in [3.05, 3.63) is 34.2 Å². The summed E-state index contributed by atoms with van der Waals surface area (Å²) >= 11 is 1.69. The molecule has 0 aliphatic carbocycles. The van der Waals surface area contributed by atoms with Crippen LogP contribution in [0.2, 0.25) is 0 Å². The molecule has 1 aromatic heterocycles. The van der Waals surface area contributed by atoms with Crippen molar-refractivity contribution in [3.63, 3.8) is 0 Å². The lowest BCUT2D eigenvalue weighted by Crippen LogP contribution is -2.07. The Labute approximate surface area is 107 Å². The topological polar surface area (TPSA) is 16.1 Å². The molecule has 17 heavy (non-hydrogen) atoms. The molecular weight excluding hydrogens is 228 g/mol. The van der Waals surface area contributed by atoms with Gasteiger partial charge in [-0.3, -0.25) is 0 Å². The summed E-state index contributed by atoms with van der Waals surface area (Å²) in [5.74, 6) is 0. The molecule has 0 amide bonds. The maximum Gasteiger partial charge on any atom is 0.185 e. The molecule has 0 radical (unpaired) electrons. The summed E-state index contributed by atoms with van der Waals surface area (Å²) in [5, 5.41) is 3.18. The van der Waals surface area contributed by atoms with Gasteiger partial charge in [-0.1, -0.05) is 6.07 Å². The third-order valence-electron chi connectivity index (χ3n) is 2.99. The Morgan fingerprint density at radius 1 is 1.00 bits per heavy atom. The number of aromatic nitrogens is 1. The Morgan fingerprint density at radius 3 is 2.24 bits per heavy atom. The number of nitrogens with zero attached hydrogens (tertiary/aromatic N) is 2. The number of thiazole rings is 1. The zero-order chi connectivity index (χ0) is 12.6. The van der Waals surface area contributed by atoms with E-state index in [2.05, 4.69) is 43.3 Å². The van der Waals surface area contributed by atoms with Gasteiger partial charge in [-0.2, -0.15) is 0 Å². The van der Waals surface area contributed by atoms with E-state index >= 15 is 0 Å². The normalized spacial score (nSPS) is 10.6. The first-order valence-electron chi connectivity index (χ1n) is 5.70. The van der Waals surface area contributed by atoms with E-state index < -0.39 is 0 Å². The fraction of sp³-hybridized carbons (Fsp3) is 0.357. The number of rotatable bonds is 2. The first kappa shape index (κ1) is 12.1. The summed E-state index contributed by atoms with van der Waals surface area (Å²) in [5.41, 5.74) is 6.29. The van der Waals surface area contributed by atoms with E-state index in [0.717, 1.165) is 10.8 Å². The van der Waals surface area contributed by atoms with Crippen LogP contribution >= 0.6 is 11.3 Å². The van der Waals surface area contributed by atoms with Crippen LogP contribution < -0.4 is 4.90 Å². The van der Waals surface area contributed by atoms with Crippen molar-refractivity contribution in [1.82, 2.24) is 4.98 Å². The average molecular weight is 246 g/mol. The minimum atomic E-state index is 1.05. The van der Waals surface area contributed by atoms with Gasteiger partial charge in [0.25, 0.3) is 0 Å². The van der Waals surface area contributed by atoms with Gasteiger partial charge in [0.05, 0.1) is 5.69 Å². The SMILES string of the molecule is Cc1cc(C)c(-c2csc(N(C)C)n2)cc1C. The van der Waals surface area contributed by atoms with Crippen molar-refractivity contribution in [3.8, 4) is 11.3 Å². The van der Waals surface area contributed by atoms with Gasteiger partial charge in [-0.25, -0.2) is 4.98 Å². The Bertz CT molecular complexity index is 541. The van der Waals surface area contributed by atoms with Crippen LogP contribution in [0.1, 0.15) is 16.7 Å². The standard InChI is InChI=1S/C14H18N2S/c1-9-6-11(3)12(7-10(9)2)13-8-17-14(15-13)16(4)5/h6-8H,1-5H3. The van der Waals surface area contributed by atoms with Gasteiger partial charge in [-0.05, 0) is 43.5 Å². The van der Waals surface area contributed by atoms with Crippen LogP contribution in [-0.2, 0) is 0 Å². The van der Waals surface area contributed by atoms with Gasteiger partial charge in [0.2, 0.25) is 0 Å². The molecular formula is C14H18N2S. The summed E-state index contributed by atoms with van der Waals surface area (Å²) < 4.78 is 0. The second kappa shape index (κ2) is 4.49. The average Bonchev–Trinajstić information content (AvgIpc) is 2.72. The third-order valence-corrected chi connectivity index (χ3v) is 4.00. The van der Waals surface area contributed by atoms with Gasteiger partial charge in [0, 0.05) is 25.0 Å². The highest BCUT2D eigenvalue weighted by molar-refractivity contribution is 7.14. The molecule has 3 heteroatoms. The van der Waals surface area contributed by atoms with E-state index in [9.17, 15) is 0 Å². The number of hydrogen-bond donors (Lipinski definition) is 0. The van der Waals surface area contributed by atoms with Crippen LogP contribution in [0.3, 0.4) is 0 Å². The lowest BCUT2D eigenvalue weighted by Gasteiger charge is -2.08. The number of aryl methyl sites for hydroxylation is 3. The summed E-state index contributed by atoms with van der Waals surface area (Å²) in [6.45, 7) is 6.45. The Hall–Kier alpha value is -1.35. The van der Waals surface area contributed by atoms with Crippen LogP contribution in [0.25, 0.3) is 11.3 Å². The van der Waals surface area contributed by atoms with Gasteiger partial charge in [0.1, 0.15) is 0 Å². The van der Waals surface area contributed by atoms with Gasteiger partial charge in [0.15, 0.2) is 5.13 Å². The molecule has 0 aliphatic rings. The fourth-order valence-electron chi connectivity index (χ4n) is 1.83.